The van der Waals surface area contributed by atoms with Crippen molar-refractivity contribution < 1.29 is 31.9 Å². The number of alkyl halides is 3. The number of nitrogens with zero attached hydrogens (tertiary/aromatic N) is 3. The molecule has 0 N–H and O–H groups in total. The van der Waals surface area contributed by atoms with E-state index in [0.29, 0.717) is 19.6 Å². The molecule has 0 aliphatic heterocycles. The predicted molar refractivity (Wildman–Crippen MR) is 154 cm³/mol. The lowest BCUT2D eigenvalue weighted by Crippen LogP contribution is -2.43. The van der Waals surface area contributed by atoms with E-state index >= 15 is 0 Å². The van der Waals surface area contributed by atoms with Crippen LogP contribution < -0.4 is 0 Å². The van der Waals surface area contributed by atoms with Crippen LogP contribution in [0.5, 0.6) is 0 Å². The van der Waals surface area contributed by atoms with Crippen molar-refractivity contribution in [3.8, 4) is 0 Å². The van der Waals surface area contributed by atoms with Crippen LogP contribution in [-0.4, -0.2) is 53.0 Å². The van der Waals surface area contributed by atoms with E-state index in [1.807, 2.05) is 53.2 Å². The summed E-state index contributed by atoms with van der Waals surface area (Å²) in [6.45, 7) is 1.04. The van der Waals surface area contributed by atoms with Gasteiger partial charge in [-0.2, -0.15) is 13.2 Å². The van der Waals surface area contributed by atoms with Gasteiger partial charge in [0.15, 0.2) is 0 Å². The number of amides is 2. The first-order chi connectivity index (χ1) is 20.6. The molecular formula is C33H33F4N3O3. The SMILES string of the molecule is COCCCN(CC(=O)N(Cc1ccccc1)Cc1cccn1Cc1ccc(F)cc1)C(=O)c1cccc(C(F)(F)F)c1. The first-order valence-corrected chi connectivity index (χ1v) is 13.8. The molecule has 1 heterocycles. The van der Waals surface area contributed by atoms with Crippen molar-refractivity contribution in [1.82, 2.24) is 14.4 Å². The van der Waals surface area contributed by atoms with Crippen molar-refractivity contribution in [3.05, 3.63) is 131 Å². The normalized spacial score (nSPS) is 11.4. The zero-order chi connectivity index (χ0) is 30.8. The summed E-state index contributed by atoms with van der Waals surface area (Å²) < 4.78 is 60.5. The molecule has 0 saturated heterocycles. The highest BCUT2D eigenvalue weighted by atomic mass is 19.4. The highest BCUT2D eigenvalue weighted by Gasteiger charge is 2.32. The van der Waals surface area contributed by atoms with Crippen LogP contribution in [0.1, 0.15) is 39.2 Å². The van der Waals surface area contributed by atoms with Crippen molar-refractivity contribution >= 4 is 11.8 Å². The van der Waals surface area contributed by atoms with Crippen molar-refractivity contribution in [2.24, 2.45) is 0 Å². The lowest BCUT2D eigenvalue weighted by molar-refractivity contribution is -0.137. The Balaban J connectivity index is 1.58. The van der Waals surface area contributed by atoms with Gasteiger partial charge in [0.2, 0.25) is 5.91 Å². The van der Waals surface area contributed by atoms with Crippen LogP contribution in [0.2, 0.25) is 0 Å². The monoisotopic (exact) mass is 595 g/mol. The largest absolute Gasteiger partial charge is 0.416 e. The zero-order valence-electron chi connectivity index (χ0n) is 23.8. The molecule has 4 aromatic rings. The molecule has 0 bridgehead atoms. The van der Waals surface area contributed by atoms with Gasteiger partial charge in [-0.25, -0.2) is 4.39 Å². The smallest absolute Gasteiger partial charge is 0.385 e. The molecule has 0 spiro atoms. The summed E-state index contributed by atoms with van der Waals surface area (Å²) in [6.07, 6.45) is -2.34. The van der Waals surface area contributed by atoms with Crippen LogP contribution in [0.3, 0.4) is 0 Å². The molecule has 0 aliphatic rings. The Hall–Kier alpha value is -4.44. The molecule has 3 aromatic carbocycles. The van der Waals surface area contributed by atoms with E-state index in [4.69, 9.17) is 4.74 Å². The summed E-state index contributed by atoms with van der Waals surface area (Å²) in [7, 11) is 1.51. The van der Waals surface area contributed by atoms with Crippen molar-refractivity contribution in [2.75, 3.05) is 26.8 Å². The minimum absolute atomic E-state index is 0.120. The lowest BCUT2D eigenvalue weighted by Gasteiger charge is -2.28. The maximum atomic E-state index is 13.9. The van der Waals surface area contributed by atoms with Crippen LogP contribution in [0, 0.1) is 5.82 Å². The minimum atomic E-state index is -4.61. The standard InChI is InChI=1S/C33H33F4N3O3/c1-43-19-7-18-39(32(42)27-10-5-11-28(20-27)33(35,36)37)24-31(41)40(22-25-8-3-2-4-9-25)23-30-12-6-17-38(30)21-26-13-15-29(34)16-14-26/h2-6,8-17,20H,7,18-19,21-24H2,1H3. The first kappa shape index (κ1) is 31.5. The Labute approximate surface area is 248 Å². The second kappa shape index (κ2) is 14.6. The average Bonchev–Trinajstić information content (AvgIpc) is 3.43. The fraction of sp³-hybridized carbons (Fsp3) is 0.273. The lowest BCUT2D eigenvalue weighted by atomic mass is 10.1. The number of hydrogen-bond donors (Lipinski definition) is 0. The van der Waals surface area contributed by atoms with E-state index < -0.39 is 17.6 Å². The number of rotatable bonds is 13. The van der Waals surface area contributed by atoms with Gasteiger partial charge in [0, 0.05) is 50.8 Å². The van der Waals surface area contributed by atoms with Gasteiger partial charge in [0.1, 0.15) is 12.4 Å². The topological polar surface area (TPSA) is 54.8 Å². The van der Waals surface area contributed by atoms with Gasteiger partial charge in [-0.3, -0.25) is 9.59 Å². The number of carbonyl (C=O) groups is 2. The summed E-state index contributed by atoms with van der Waals surface area (Å²) in [6, 6.07) is 23.5. The molecule has 4 rings (SSSR count). The number of methoxy groups -OCH3 is 1. The zero-order valence-corrected chi connectivity index (χ0v) is 23.8. The van der Waals surface area contributed by atoms with Crippen LogP contribution in [0.4, 0.5) is 17.6 Å². The number of hydrogen-bond acceptors (Lipinski definition) is 3. The molecule has 0 saturated carbocycles. The van der Waals surface area contributed by atoms with E-state index in [1.165, 1.54) is 36.3 Å². The third kappa shape index (κ3) is 9.02. The molecule has 0 unspecified atom stereocenters. The van der Waals surface area contributed by atoms with Crippen LogP contribution in [0.25, 0.3) is 0 Å². The number of aromatic nitrogens is 1. The van der Waals surface area contributed by atoms with Crippen LogP contribution in [-0.2, 0) is 35.3 Å². The first-order valence-electron chi connectivity index (χ1n) is 13.8. The molecule has 226 valence electrons. The van der Waals surface area contributed by atoms with Gasteiger partial charge in [0.25, 0.3) is 5.91 Å². The molecule has 0 radical (unpaired) electrons. The van der Waals surface area contributed by atoms with Crippen LogP contribution in [0.15, 0.2) is 97.2 Å². The summed E-state index contributed by atoms with van der Waals surface area (Å²) in [5, 5.41) is 0. The van der Waals surface area contributed by atoms with Gasteiger partial charge in [-0.1, -0.05) is 48.5 Å². The quantitative estimate of drug-likeness (QED) is 0.133. The predicted octanol–water partition coefficient (Wildman–Crippen LogP) is 6.40. The fourth-order valence-corrected chi connectivity index (χ4v) is 4.69. The van der Waals surface area contributed by atoms with Crippen LogP contribution >= 0.6 is 0 Å². The van der Waals surface area contributed by atoms with Crippen molar-refractivity contribution in [2.45, 2.75) is 32.2 Å². The van der Waals surface area contributed by atoms with Gasteiger partial charge in [0.05, 0.1) is 12.1 Å². The molecule has 0 aliphatic carbocycles. The van der Waals surface area contributed by atoms with Gasteiger partial charge in [-0.15, -0.1) is 0 Å². The Morgan fingerprint density at radius 2 is 1.58 bits per heavy atom. The molecule has 6 nitrogen and oxygen atoms in total. The Bertz CT molecular complexity index is 1490. The average molecular weight is 596 g/mol. The van der Waals surface area contributed by atoms with Gasteiger partial charge in [-0.05, 0) is 60.0 Å². The molecular weight excluding hydrogens is 562 g/mol. The highest BCUT2D eigenvalue weighted by Crippen LogP contribution is 2.30. The molecule has 10 heteroatoms. The second-order valence-corrected chi connectivity index (χ2v) is 10.1. The molecule has 43 heavy (non-hydrogen) atoms. The number of ether oxygens (including phenoxy) is 1. The summed E-state index contributed by atoms with van der Waals surface area (Å²) >= 11 is 0. The molecule has 2 amide bonds. The van der Waals surface area contributed by atoms with Gasteiger partial charge >= 0.3 is 6.18 Å². The molecule has 0 atom stereocenters. The van der Waals surface area contributed by atoms with Crippen molar-refractivity contribution in [3.63, 3.8) is 0 Å². The van der Waals surface area contributed by atoms with E-state index in [1.54, 1.807) is 17.0 Å². The molecule has 0 fully saturated rings. The Kier molecular flexibility index (Phi) is 10.7. The Morgan fingerprint density at radius 3 is 2.28 bits per heavy atom. The third-order valence-electron chi connectivity index (χ3n) is 6.94. The summed E-state index contributed by atoms with van der Waals surface area (Å²) in [5.74, 6) is -1.36. The molecule has 1 aromatic heterocycles. The number of benzene rings is 3. The van der Waals surface area contributed by atoms with Crippen molar-refractivity contribution in [1.29, 1.82) is 0 Å². The van der Waals surface area contributed by atoms with E-state index in [9.17, 15) is 27.2 Å². The summed E-state index contributed by atoms with van der Waals surface area (Å²) in [5.41, 5.74) is 1.50. The maximum Gasteiger partial charge on any atom is 0.416 e. The minimum Gasteiger partial charge on any atom is -0.385 e. The maximum absolute atomic E-state index is 13.9. The summed E-state index contributed by atoms with van der Waals surface area (Å²) in [4.78, 5) is 30.2. The number of carbonyl (C=O) groups excluding carboxylic acids is 2. The highest BCUT2D eigenvalue weighted by molar-refractivity contribution is 5.96. The third-order valence-corrected chi connectivity index (χ3v) is 6.94. The fourth-order valence-electron chi connectivity index (χ4n) is 4.69. The van der Waals surface area contributed by atoms with E-state index in [2.05, 4.69) is 0 Å². The second-order valence-electron chi connectivity index (χ2n) is 10.1. The van der Waals surface area contributed by atoms with E-state index in [-0.39, 0.29) is 43.5 Å². The van der Waals surface area contributed by atoms with E-state index in [0.717, 1.165) is 29.0 Å². The van der Waals surface area contributed by atoms with Gasteiger partial charge < -0.3 is 19.1 Å². The number of halogens is 4. The Morgan fingerprint density at radius 1 is 0.837 bits per heavy atom.